The fourth-order valence-corrected chi connectivity index (χ4v) is 3.63. The molecule has 1 amide bonds. The molecule has 2 fully saturated rings. The maximum Gasteiger partial charge on any atom is 0.253 e. The highest BCUT2D eigenvalue weighted by atomic mass is 16.5. The number of hydrogen-bond acceptors (Lipinski definition) is 5. The van der Waals surface area contributed by atoms with Crippen LogP contribution in [-0.4, -0.2) is 34.0 Å². The molecule has 1 saturated carbocycles. The van der Waals surface area contributed by atoms with E-state index in [0.717, 1.165) is 49.8 Å². The highest BCUT2D eigenvalue weighted by molar-refractivity contribution is 5.94. The number of nitrogens with two attached hydrogens (primary N) is 1. The minimum absolute atomic E-state index is 0.0683. The topological polar surface area (TPSA) is 85.2 Å². The molecule has 2 N–H and O–H groups in total. The first kappa shape index (κ1) is 16.3. The van der Waals surface area contributed by atoms with E-state index >= 15 is 0 Å². The zero-order chi connectivity index (χ0) is 17.4. The number of hydrogen-bond donors (Lipinski definition) is 1. The highest BCUT2D eigenvalue weighted by Crippen LogP contribution is 2.38. The first-order chi connectivity index (χ1) is 12.0. The average molecular weight is 340 g/mol. The predicted octanol–water partition coefficient (Wildman–Crippen LogP) is 2.74. The zero-order valence-electron chi connectivity index (χ0n) is 14.6. The van der Waals surface area contributed by atoms with Crippen LogP contribution in [0.1, 0.15) is 65.7 Å². The number of aromatic nitrogens is 2. The number of carbonyl (C=O) groups is 1. The second kappa shape index (κ2) is 6.26. The van der Waals surface area contributed by atoms with Crippen LogP contribution in [0.3, 0.4) is 0 Å². The molecule has 1 aromatic heterocycles. The standard InChI is InChI=1S/C19H24N4O2/c1-13-5-7-14(8-6-13)17(24)23-11-2-4-15(12-23)16-21-18(22-25-16)19(20)9-3-10-19/h5-8,15H,2-4,9-12,20H2,1H3. The summed E-state index contributed by atoms with van der Waals surface area (Å²) in [5, 5.41) is 4.11. The highest BCUT2D eigenvalue weighted by Gasteiger charge is 2.40. The van der Waals surface area contributed by atoms with Crippen molar-refractivity contribution in [3.63, 3.8) is 0 Å². The molecule has 1 aromatic carbocycles. The minimum Gasteiger partial charge on any atom is -0.339 e. The Labute approximate surface area is 147 Å². The summed E-state index contributed by atoms with van der Waals surface area (Å²) < 4.78 is 5.50. The van der Waals surface area contributed by atoms with E-state index in [9.17, 15) is 4.79 Å². The van der Waals surface area contributed by atoms with Crippen LogP contribution in [-0.2, 0) is 5.54 Å². The minimum atomic E-state index is -0.409. The molecule has 132 valence electrons. The molecule has 4 rings (SSSR count). The maximum absolute atomic E-state index is 12.7. The first-order valence-electron chi connectivity index (χ1n) is 9.04. The second-order valence-corrected chi connectivity index (χ2v) is 7.42. The Morgan fingerprint density at radius 2 is 2.04 bits per heavy atom. The van der Waals surface area contributed by atoms with Crippen molar-refractivity contribution in [3.8, 4) is 0 Å². The summed E-state index contributed by atoms with van der Waals surface area (Å²) in [7, 11) is 0. The Kier molecular flexibility index (Phi) is 4.07. The molecule has 2 aromatic rings. The molecule has 2 aliphatic rings. The fourth-order valence-electron chi connectivity index (χ4n) is 3.63. The van der Waals surface area contributed by atoms with Crippen molar-refractivity contribution in [2.75, 3.05) is 13.1 Å². The Bertz CT molecular complexity index is 764. The van der Waals surface area contributed by atoms with Crippen molar-refractivity contribution in [1.29, 1.82) is 0 Å². The molecule has 0 bridgehead atoms. The number of piperidine rings is 1. The summed E-state index contributed by atoms with van der Waals surface area (Å²) in [6.45, 7) is 3.40. The Hall–Kier alpha value is -2.21. The van der Waals surface area contributed by atoms with Crippen molar-refractivity contribution >= 4 is 5.91 Å². The van der Waals surface area contributed by atoms with E-state index in [1.807, 2.05) is 36.1 Å². The lowest BCUT2D eigenvalue weighted by Crippen LogP contribution is -2.44. The summed E-state index contributed by atoms with van der Waals surface area (Å²) in [4.78, 5) is 19.2. The number of amides is 1. The van der Waals surface area contributed by atoms with Crippen LogP contribution in [0.25, 0.3) is 0 Å². The SMILES string of the molecule is Cc1ccc(C(=O)N2CCCC(c3nc(C4(N)CCC4)no3)C2)cc1. The molecule has 1 saturated heterocycles. The van der Waals surface area contributed by atoms with Crippen molar-refractivity contribution in [1.82, 2.24) is 15.0 Å². The molecular weight excluding hydrogens is 316 g/mol. The zero-order valence-corrected chi connectivity index (χ0v) is 14.6. The number of likely N-dealkylation sites (tertiary alicyclic amines) is 1. The normalized spacial score (nSPS) is 22.5. The molecule has 25 heavy (non-hydrogen) atoms. The van der Waals surface area contributed by atoms with Gasteiger partial charge in [-0.05, 0) is 51.2 Å². The fraction of sp³-hybridized carbons (Fsp3) is 0.526. The van der Waals surface area contributed by atoms with Gasteiger partial charge in [0.25, 0.3) is 5.91 Å². The lowest BCUT2D eigenvalue weighted by molar-refractivity contribution is 0.0695. The number of rotatable bonds is 3. The third kappa shape index (κ3) is 3.06. The molecule has 6 nitrogen and oxygen atoms in total. The van der Waals surface area contributed by atoms with Gasteiger partial charge in [-0.3, -0.25) is 4.79 Å². The number of benzene rings is 1. The lowest BCUT2D eigenvalue weighted by atomic mass is 9.77. The van der Waals surface area contributed by atoms with Gasteiger partial charge in [-0.15, -0.1) is 0 Å². The average Bonchev–Trinajstić information content (AvgIpc) is 3.10. The van der Waals surface area contributed by atoms with E-state index in [1.54, 1.807) is 0 Å². The van der Waals surface area contributed by atoms with E-state index in [2.05, 4.69) is 10.1 Å². The lowest BCUT2D eigenvalue weighted by Gasteiger charge is -2.34. The molecule has 6 heteroatoms. The van der Waals surface area contributed by atoms with Gasteiger partial charge in [-0.1, -0.05) is 22.9 Å². The van der Waals surface area contributed by atoms with Gasteiger partial charge in [0.15, 0.2) is 5.82 Å². The van der Waals surface area contributed by atoms with Crippen LogP contribution < -0.4 is 5.73 Å². The van der Waals surface area contributed by atoms with E-state index in [1.165, 1.54) is 0 Å². The van der Waals surface area contributed by atoms with Gasteiger partial charge in [-0.25, -0.2) is 0 Å². The molecule has 2 heterocycles. The summed E-state index contributed by atoms with van der Waals surface area (Å²) >= 11 is 0. The third-order valence-corrected chi connectivity index (χ3v) is 5.49. The Morgan fingerprint density at radius 3 is 2.72 bits per heavy atom. The van der Waals surface area contributed by atoms with Crippen molar-refractivity contribution in [2.45, 2.75) is 50.5 Å². The van der Waals surface area contributed by atoms with Crippen molar-refractivity contribution < 1.29 is 9.32 Å². The molecule has 1 aliphatic heterocycles. The molecular formula is C19H24N4O2. The summed E-state index contributed by atoms with van der Waals surface area (Å²) in [5.74, 6) is 1.40. The van der Waals surface area contributed by atoms with Crippen LogP contribution >= 0.6 is 0 Å². The quantitative estimate of drug-likeness (QED) is 0.928. The molecule has 1 unspecified atom stereocenters. The van der Waals surface area contributed by atoms with Gasteiger partial charge in [0.1, 0.15) is 0 Å². The van der Waals surface area contributed by atoms with Gasteiger partial charge in [-0.2, -0.15) is 4.98 Å². The van der Waals surface area contributed by atoms with E-state index in [-0.39, 0.29) is 11.8 Å². The molecule has 0 radical (unpaired) electrons. The van der Waals surface area contributed by atoms with Gasteiger partial charge in [0, 0.05) is 18.7 Å². The molecule has 1 atom stereocenters. The molecule has 0 spiro atoms. The second-order valence-electron chi connectivity index (χ2n) is 7.42. The Balaban J connectivity index is 1.47. The maximum atomic E-state index is 12.7. The van der Waals surface area contributed by atoms with Crippen molar-refractivity contribution in [2.24, 2.45) is 5.73 Å². The van der Waals surface area contributed by atoms with Crippen LogP contribution in [0, 0.1) is 6.92 Å². The first-order valence-corrected chi connectivity index (χ1v) is 9.04. The largest absolute Gasteiger partial charge is 0.339 e. The van der Waals surface area contributed by atoms with Gasteiger partial charge >= 0.3 is 0 Å². The Morgan fingerprint density at radius 1 is 1.28 bits per heavy atom. The van der Waals surface area contributed by atoms with Crippen LogP contribution in [0.5, 0.6) is 0 Å². The van der Waals surface area contributed by atoms with Gasteiger partial charge in [0.2, 0.25) is 5.89 Å². The summed E-state index contributed by atoms with van der Waals surface area (Å²) in [6.07, 6.45) is 4.83. The number of aryl methyl sites for hydroxylation is 1. The smallest absolute Gasteiger partial charge is 0.253 e. The third-order valence-electron chi connectivity index (χ3n) is 5.49. The number of carbonyl (C=O) groups excluding carboxylic acids is 1. The molecule has 1 aliphatic carbocycles. The van der Waals surface area contributed by atoms with Crippen LogP contribution in [0.4, 0.5) is 0 Å². The van der Waals surface area contributed by atoms with Crippen molar-refractivity contribution in [3.05, 3.63) is 47.1 Å². The van der Waals surface area contributed by atoms with E-state index < -0.39 is 5.54 Å². The van der Waals surface area contributed by atoms with E-state index in [0.29, 0.717) is 18.3 Å². The predicted molar refractivity (Wildman–Crippen MR) is 93.1 cm³/mol. The number of nitrogens with zero attached hydrogens (tertiary/aromatic N) is 3. The van der Waals surface area contributed by atoms with Gasteiger partial charge < -0.3 is 15.2 Å². The monoisotopic (exact) mass is 340 g/mol. The van der Waals surface area contributed by atoms with E-state index in [4.69, 9.17) is 10.3 Å². The van der Waals surface area contributed by atoms with Gasteiger partial charge in [0.05, 0.1) is 11.5 Å². The summed E-state index contributed by atoms with van der Waals surface area (Å²) in [5.41, 5.74) is 7.75. The van der Waals surface area contributed by atoms with Crippen LogP contribution in [0.2, 0.25) is 0 Å². The summed E-state index contributed by atoms with van der Waals surface area (Å²) in [6, 6.07) is 7.72. The van der Waals surface area contributed by atoms with Crippen LogP contribution in [0.15, 0.2) is 28.8 Å².